The van der Waals surface area contributed by atoms with Crippen LogP contribution in [0.2, 0.25) is 0 Å². The number of nitrogens with zero attached hydrogens (tertiary/aromatic N) is 3. The van der Waals surface area contributed by atoms with E-state index in [2.05, 4.69) is 23.8 Å². The third kappa shape index (κ3) is 1.88. The zero-order valence-corrected chi connectivity index (χ0v) is 9.17. The van der Waals surface area contributed by atoms with Gasteiger partial charge in [0.2, 0.25) is 0 Å². The van der Waals surface area contributed by atoms with E-state index in [-0.39, 0.29) is 0 Å². The molecule has 0 saturated heterocycles. The number of rotatable bonds is 2. The molecular formula is C10H15F2N3. The lowest BCUT2D eigenvalue weighted by Gasteiger charge is -2.19. The Morgan fingerprint density at radius 3 is 2.53 bits per heavy atom. The summed E-state index contributed by atoms with van der Waals surface area (Å²) in [6.07, 6.45) is 1.46. The summed E-state index contributed by atoms with van der Waals surface area (Å²) in [5, 5.41) is 3.92. The number of aromatic nitrogens is 2. The van der Waals surface area contributed by atoms with Gasteiger partial charge in [-0.2, -0.15) is 13.9 Å². The van der Waals surface area contributed by atoms with Crippen LogP contribution in [0.3, 0.4) is 0 Å². The van der Waals surface area contributed by atoms with Crippen molar-refractivity contribution in [2.45, 2.75) is 45.9 Å². The highest BCUT2D eigenvalue weighted by atomic mass is 19.3. The van der Waals surface area contributed by atoms with Gasteiger partial charge in [0, 0.05) is 37.8 Å². The van der Waals surface area contributed by atoms with Gasteiger partial charge in [0.25, 0.3) is 0 Å². The molecule has 1 aliphatic heterocycles. The van der Waals surface area contributed by atoms with Crippen LogP contribution in [0.4, 0.5) is 8.78 Å². The molecule has 1 aliphatic rings. The van der Waals surface area contributed by atoms with E-state index in [1.165, 1.54) is 6.20 Å². The number of hydrogen-bond donors (Lipinski definition) is 0. The Bertz CT molecular complexity index is 342. The van der Waals surface area contributed by atoms with Crippen molar-refractivity contribution < 1.29 is 8.78 Å². The van der Waals surface area contributed by atoms with Gasteiger partial charge >= 0.3 is 6.05 Å². The smallest absolute Gasteiger partial charge is 0.291 e. The molecule has 0 aromatic carbocycles. The van der Waals surface area contributed by atoms with Crippen LogP contribution in [-0.4, -0.2) is 20.7 Å². The Balaban J connectivity index is 2.20. The van der Waals surface area contributed by atoms with Crippen molar-refractivity contribution in [3.63, 3.8) is 0 Å². The SMILES string of the molecule is CC(C)N1Cc2cn(C(C)(F)F)nc2C1. The van der Waals surface area contributed by atoms with Gasteiger partial charge in [-0.1, -0.05) is 0 Å². The highest BCUT2D eigenvalue weighted by Crippen LogP contribution is 2.27. The lowest BCUT2D eigenvalue weighted by Crippen LogP contribution is -2.26. The minimum Gasteiger partial charge on any atom is -0.291 e. The van der Waals surface area contributed by atoms with E-state index in [0.717, 1.165) is 29.4 Å². The van der Waals surface area contributed by atoms with Crippen LogP contribution in [0.5, 0.6) is 0 Å². The second kappa shape index (κ2) is 3.27. The first kappa shape index (κ1) is 10.5. The predicted molar refractivity (Wildman–Crippen MR) is 52.5 cm³/mol. The van der Waals surface area contributed by atoms with Gasteiger partial charge in [-0.3, -0.25) is 4.90 Å². The molecule has 0 amide bonds. The van der Waals surface area contributed by atoms with Gasteiger partial charge in [-0.15, -0.1) is 0 Å². The molecular weight excluding hydrogens is 200 g/mol. The summed E-state index contributed by atoms with van der Waals surface area (Å²) in [5.74, 6) is 0. The van der Waals surface area contributed by atoms with E-state index in [1.54, 1.807) is 0 Å². The first-order chi connectivity index (χ1) is 6.88. The van der Waals surface area contributed by atoms with Crippen molar-refractivity contribution in [3.05, 3.63) is 17.5 Å². The Hall–Kier alpha value is -0.970. The third-order valence-electron chi connectivity index (χ3n) is 2.74. The molecule has 0 N–H and O–H groups in total. The van der Waals surface area contributed by atoms with E-state index in [1.807, 2.05) is 0 Å². The van der Waals surface area contributed by atoms with E-state index in [4.69, 9.17) is 0 Å². The number of alkyl halides is 2. The normalized spacial score (nSPS) is 17.5. The van der Waals surface area contributed by atoms with E-state index in [0.29, 0.717) is 12.6 Å². The summed E-state index contributed by atoms with van der Waals surface area (Å²) in [7, 11) is 0. The predicted octanol–water partition coefficient (Wildman–Crippen LogP) is 2.18. The summed E-state index contributed by atoms with van der Waals surface area (Å²) in [6, 6.07) is -2.47. The zero-order chi connectivity index (χ0) is 11.2. The van der Waals surface area contributed by atoms with Gasteiger partial charge in [0.15, 0.2) is 0 Å². The van der Waals surface area contributed by atoms with Gasteiger partial charge in [-0.05, 0) is 13.8 Å². The molecule has 0 radical (unpaired) electrons. The minimum atomic E-state index is -2.90. The van der Waals surface area contributed by atoms with E-state index < -0.39 is 6.05 Å². The fraction of sp³-hybridized carbons (Fsp3) is 0.700. The Kier molecular flexibility index (Phi) is 2.30. The van der Waals surface area contributed by atoms with Crippen molar-refractivity contribution in [1.82, 2.24) is 14.7 Å². The van der Waals surface area contributed by atoms with Gasteiger partial charge in [0.1, 0.15) is 0 Å². The third-order valence-corrected chi connectivity index (χ3v) is 2.74. The Morgan fingerprint density at radius 1 is 1.40 bits per heavy atom. The lowest BCUT2D eigenvalue weighted by atomic mass is 10.3. The lowest BCUT2D eigenvalue weighted by molar-refractivity contribution is -0.0730. The molecule has 1 aromatic heterocycles. The number of halogens is 2. The van der Waals surface area contributed by atoms with Crippen LogP contribution in [0.25, 0.3) is 0 Å². The minimum absolute atomic E-state index is 0.426. The van der Waals surface area contributed by atoms with Crippen LogP contribution >= 0.6 is 0 Å². The molecule has 5 heteroatoms. The quantitative estimate of drug-likeness (QED) is 0.754. The largest absolute Gasteiger partial charge is 0.340 e. The first-order valence-corrected chi connectivity index (χ1v) is 5.07. The Morgan fingerprint density at radius 2 is 2.07 bits per heavy atom. The monoisotopic (exact) mass is 215 g/mol. The Labute approximate surface area is 87.7 Å². The summed E-state index contributed by atoms with van der Waals surface area (Å²) in [4.78, 5) is 2.20. The van der Waals surface area contributed by atoms with Crippen LogP contribution < -0.4 is 0 Å². The number of fused-ring (bicyclic) bond motifs is 1. The second-order valence-corrected chi connectivity index (χ2v) is 4.39. The van der Waals surface area contributed by atoms with Crippen LogP contribution in [0.15, 0.2) is 6.20 Å². The molecule has 3 nitrogen and oxygen atoms in total. The molecule has 0 saturated carbocycles. The summed E-state index contributed by atoms with van der Waals surface area (Å²) in [5.41, 5.74) is 1.70. The van der Waals surface area contributed by atoms with Crippen LogP contribution in [-0.2, 0) is 19.1 Å². The molecule has 0 spiro atoms. The molecule has 0 unspecified atom stereocenters. The maximum Gasteiger partial charge on any atom is 0.340 e. The molecule has 0 aliphatic carbocycles. The molecule has 0 bridgehead atoms. The zero-order valence-electron chi connectivity index (χ0n) is 9.17. The molecule has 2 heterocycles. The highest BCUT2D eigenvalue weighted by molar-refractivity contribution is 5.21. The van der Waals surface area contributed by atoms with Gasteiger partial charge in [-0.25, -0.2) is 4.68 Å². The van der Waals surface area contributed by atoms with Crippen molar-refractivity contribution in [3.8, 4) is 0 Å². The fourth-order valence-electron chi connectivity index (χ4n) is 1.74. The fourth-order valence-corrected chi connectivity index (χ4v) is 1.74. The summed E-state index contributed by atoms with van der Waals surface area (Å²) < 4.78 is 26.7. The molecule has 84 valence electrons. The average Bonchev–Trinajstić information content (AvgIpc) is 2.55. The maximum atomic E-state index is 13.0. The van der Waals surface area contributed by atoms with Gasteiger partial charge in [0.05, 0.1) is 5.69 Å². The molecule has 1 aromatic rings. The topological polar surface area (TPSA) is 21.1 Å². The standard InChI is InChI=1S/C10H15F2N3/c1-7(2)14-4-8-5-15(10(3,11)12)13-9(8)6-14/h5,7H,4,6H2,1-3H3. The van der Waals surface area contributed by atoms with Crippen LogP contribution in [0, 0.1) is 0 Å². The van der Waals surface area contributed by atoms with E-state index >= 15 is 0 Å². The number of hydrogen-bond acceptors (Lipinski definition) is 2. The molecule has 0 atom stereocenters. The van der Waals surface area contributed by atoms with Crippen molar-refractivity contribution in [2.75, 3.05) is 0 Å². The summed E-state index contributed by atoms with van der Waals surface area (Å²) >= 11 is 0. The molecule has 0 fully saturated rings. The van der Waals surface area contributed by atoms with Crippen molar-refractivity contribution in [2.24, 2.45) is 0 Å². The summed E-state index contributed by atoms with van der Waals surface area (Å²) in [6.45, 7) is 6.44. The van der Waals surface area contributed by atoms with Crippen LogP contribution in [0.1, 0.15) is 32.0 Å². The van der Waals surface area contributed by atoms with Gasteiger partial charge < -0.3 is 0 Å². The van der Waals surface area contributed by atoms with Crippen molar-refractivity contribution in [1.29, 1.82) is 0 Å². The highest BCUT2D eigenvalue weighted by Gasteiger charge is 2.30. The first-order valence-electron chi connectivity index (χ1n) is 5.07. The second-order valence-electron chi connectivity index (χ2n) is 4.39. The molecule has 2 rings (SSSR count). The molecule has 15 heavy (non-hydrogen) atoms. The maximum absolute atomic E-state index is 13.0. The average molecular weight is 215 g/mol. The van der Waals surface area contributed by atoms with E-state index in [9.17, 15) is 8.78 Å². The van der Waals surface area contributed by atoms with Crippen molar-refractivity contribution >= 4 is 0 Å².